The topological polar surface area (TPSA) is 77.5 Å². The summed E-state index contributed by atoms with van der Waals surface area (Å²) in [5, 5.41) is 3.89. The molecule has 0 bridgehead atoms. The molecule has 0 fully saturated rings. The Morgan fingerprint density at radius 2 is 1.92 bits per heavy atom. The van der Waals surface area contributed by atoms with Crippen molar-refractivity contribution in [1.82, 2.24) is 10.3 Å². The number of ether oxygens (including phenoxy) is 2. The number of hydrogen-bond donors (Lipinski definition) is 1. The molecule has 146 valence electrons. The van der Waals surface area contributed by atoms with Crippen LogP contribution in [0.2, 0.25) is 0 Å². The van der Waals surface area contributed by atoms with Crippen LogP contribution in [0.4, 0.5) is 0 Å². The first-order chi connectivity index (χ1) is 12.8. The van der Waals surface area contributed by atoms with Gasteiger partial charge in [0.2, 0.25) is 5.91 Å². The van der Waals surface area contributed by atoms with Crippen molar-refractivity contribution in [2.24, 2.45) is 0 Å². The van der Waals surface area contributed by atoms with Crippen LogP contribution in [-0.2, 0) is 19.1 Å². The standard InChI is InChI=1S/C18H28N2O4S2/c21-11-5-13-24-15-6-14-23-12-4-3-9-19-17(22)8-16-25-26-18-7-1-2-10-20-18/h1-2,7,10-11H,3-6,8-9,12-16H2,(H,19,22). The number of aromatic nitrogens is 1. The second-order valence-electron chi connectivity index (χ2n) is 5.41. The monoisotopic (exact) mass is 400 g/mol. The van der Waals surface area contributed by atoms with Crippen LogP contribution in [-0.4, -0.2) is 55.9 Å². The number of hydrogen-bond acceptors (Lipinski definition) is 7. The van der Waals surface area contributed by atoms with Gasteiger partial charge in [0.1, 0.15) is 11.3 Å². The molecule has 0 atom stereocenters. The molecule has 26 heavy (non-hydrogen) atoms. The molecule has 0 aliphatic heterocycles. The van der Waals surface area contributed by atoms with E-state index in [4.69, 9.17) is 9.47 Å². The van der Waals surface area contributed by atoms with E-state index in [1.165, 1.54) is 0 Å². The van der Waals surface area contributed by atoms with Gasteiger partial charge < -0.3 is 19.6 Å². The van der Waals surface area contributed by atoms with Crippen molar-refractivity contribution in [1.29, 1.82) is 0 Å². The molecule has 0 radical (unpaired) electrons. The Morgan fingerprint density at radius 1 is 1.12 bits per heavy atom. The highest BCUT2D eigenvalue weighted by Crippen LogP contribution is 2.29. The number of rotatable bonds is 17. The molecule has 0 aliphatic rings. The summed E-state index contributed by atoms with van der Waals surface area (Å²) in [6.45, 7) is 3.17. The Kier molecular flexibility index (Phi) is 15.3. The van der Waals surface area contributed by atoms with E-state index in [1.54, 1.807) is 27.8 Å². The van der Waals surface area contributed by atoms with E-state index in [9.17, 15) is 9.59 Å². The number of unbranched alkanes of at least 4 members (excludes halogenated alkanes) is 1. The Bertz CT molecular complexity index is 478. The fourth-order valence-corrected chi connectivity index (χ4v) is 3.75. The number of carbonyl (C=O) groups excluding carboxylic acids is 2. The molecule has 0 aliphatic carbocycles. The first kappa shape index (κ1) is 23.0. The summed E-state index contributed by atoms with van der Waals surface area (Å²) < 4.78 is 10.7. The molecule has 1 aromatic rings. The summed E-state index contributed by atoms with van der Waals surface area (Å²) in [7, 11) is 3.24. The third kappa shape index (κ3) is 14.1. The third-order valence-electron chi connectivity index (χ3n) is 3.19. The highest BCUT2D eigenvalue weighted by atomic mass is 33.1. The fourth-order valence-electron chi connectivity index (χ4n) is 1.88. The van der Waals surface area contributed by atoms with Crippen molar-refractivity contribution in [3.63, 3.8) is 0 Å². The van der Waals surface area contributed by atoms with E-state index < -0.39 is 0 Å². The number of pyridine rings is 1. The van der Waals surface area contributed by atoms with Crippen LogP contribution in [0.5, 0.6) is 0 Å². The van der Waals surface area contributed by atoms with Crippen LogP contribution >= 0.6 is 21.6 Å². The zero-order chi connectivity index (χ0) is 18.7. The van der Waals surface area contributed by atoms with Gasteiger partial charge in [-0.15, -0.1) is 0 Å². The molecule has 0 saturated heterocycles. The van der Waals surface area contributed by atoms with E-state index in [2.05, 4.69) is 10.3 Å². The zero-order valence-corrected chi connectivity index (χ0v) is 16.7. The predicted molar refractivity (Wildman–Crippen MR) is 106 cm³/mol. The summed E-state index contributed by atoms with van der Waals surface area (Å²) in [4.78, 5) is 26.0. The summed E-state index contributed by atoms with van der Waals surface area (Å²) in [5.74, 6) is 0.859. The van der Waals surface area contributed by atoms with Gasteiger partial charge in [-0.3, -0.25) is 4.79 Å². The first-order valence-electron chi connectivity index (χ1n) is 8.89. The molecule has 1 heterocycles. The number of carbonyl (C=O) groups is 2. The van der Waals surface area contributed by atoms with Gasteiger partial charge in [-0.2, -0.15) is 0 Å². The number of aldehydes is 1. The Morgan fingerprint density at radius 3 is 2.69 bits per heavy atom. The average Bonchev–Trinajstić information content (AvgIpc) is 2.67. The minimum Gasteiger partial charge on any atom is -0.381 e. The van der Waals surface area contributed by atoms with E-state index in [0.717, 1.165) is 36.3 Å². The van der Waals surface area contributed by atoms with Gasteiger partial charge in [-0.1, -0.05) is 16.9 Å². The van der Waals surface area contributed by atoms with Gasteiger partial charge >= 0.3 is 0 Å². The Balaban J connectivity index is 1.80. The lowest BCUT2D eigenvalue weighted by Crippen LogP contribution is -2.24. The minimum atomic E-state index is 0.0903. The van der Waals surface area contributed by atoms with Gasteiger partial charge in [0.05, 0.1) is 6.61 Å². The van der Waals surface area contributed by atoms with E-state index in [-0.39, 0.29) is 5.91 Å². The molecular weight excluding hydrogens is 372 g/mol. The molecule has 0 spiro atoms. The van der Waals surface area contributed by atoms with E-state index in [1.807, 2.05) is 18.2 Å². The maximum absolute atomic E-state index is 11.7. The van der Waals surface area contributed by atoms with Gasteiger partial charge in [0.15, 0.2) is 0 Å². The maximum Gasteiger partial charge on any atom is 0.220 e. The van der Waals surface area contributed by atoms with Crippen molar-refractivity contribution in [3.8, 4) is 0 Å². The fraction of sp³-hybridized carbons (Fsp3) is 0.611. The van der Waals surface area contributed by atoms with Gasteiger partial charge in [0, 0.05) is 51.2 Å². The smallest absolute Gasteiger partial charge is 0.220 e. The van der Waals surface area contributed by atoms with Crippen LogP contribution in [0.3, 0.4) is 0 Å². The summed E-state index contributed by atoms with van der Waals surface area (Å²) in [6.07, 6.45) is 6.27. The van der Waals surface area contributed by atoms with Crippen LogP contribution in [0.25, 0.3) is 0 Å². The summed E-state index contributed by atoms with van der Waals surface area (Å²) >= 11 is 0. The lowest BCUT2D eigenvalue weighted by atomic mass is 10.3. The Labute approximate surface area is 163 Å². The highest BCUT2D eigenvalue weighted by Gasteiger charge is 2.02. The van der Waals surface area contributed by atoms with Crippen LogP contribution in [0.1, 0.15) is 32.1 Å². The molecule has 1 N–H and O–H groups in total. The molecule has 0 unspecified atom stereocenters. The van der Waals surface area contributed by atoms with Gasteiger partial charge in [0.25, 0.3) is 0 Å². The lowest BCUT2D eigenvalue weighted by molar-refractivity contribution is -0.120. The number of amides is 1. The van der Waals surface area contributed by atoms with Crippen LogP contribution < -0.4 is 5.32 Å². The van der Waals surface area contributed by atoms with E-state index >= 15 is 0 Å². The summed E-state index contributed by atoms with van der Waals surface area (Å²) in [5.41, 5.74) is 0. The number of nitrogens with zero attached hydrogens (tertiary/aromatic N) is 1. The van der Waals surface area contributed by atoms with E-state index in [0.29, 0.717) is 45.8 Å². The van der Waals surface area contributed by atoms with Gasteiger partial charge in [-0.25, -0.2) is 4.98 Å². The van der Waals surface area contributed by atoms with Crippen molar-refractivity contribution in [2.45, 2.75) is 37.1 Å². The molecule has 1 rings (SSSR count). The van der Waals surface area contributed by atoms with Crippen LogP contribution in [0.15, 0.2) is 29.4 Å². The molecule has 6 nitrogen and oxygen atoms in total. The molecular formula is C18H28N2O4S2. The van der Waals surface area contributed by atoms with Crippen molar-refractivity contribution in [2.75, 3.05) is 38.7 Å². The predicted octanol–water partition coefficient (Wildman–Crippen LogP) is 3.12. The van der Waals surface area contributed by atoms with Crippen molar-refractivity contribution in [3.05, 3.63) is 24.4 Å². The largest absolute Gasteiger partial charge is 0.381 e. The second kappa shape index (κ2) is 17.3. The highest BCUT2D eigenvalue weighted by molar-refractivity contribution is 8.76. The number of nitrogens with one attached hydrogen (secondary N) is 1. The van der Waals surface area contributed by atoms with Crippen molar-refractivity contribution >= 4 is 33.8 Å². The lowest BCUT2D eigenvalue weighted by Gasteiger charge is -2.06. The van der Waals surface area contributed by atoms with Gasteiger partial charge in [-0.05, 0) is 42.2 Å². The van der Waals surface area contributed by atoms with Crippen LogP contribution in [0, 0.1) is 0 Å². The maximum atomic E-state index is 11.7. The zero-order valence-electron chi connectivity index (χ0n) is 15.1. The molecule has 1 aromatic heterocycles. The summed E-state index contributed by atoms with van der Waals surface area (Å²) in [6, 6.07) is 5.80. The first-order valence-corrected chi connectivity index (χ1v) is 11.2. The molecule has 0 saturated carbocycles. The Hall–Kier alpha value is -1.09. The third-order valence-corrected chi connectivity index (χ3v) is 5.46. The normalized spacial score (nSPS) is 10.6. The second-order valence-corrected chi connectivity index (χ2v) is 7.85. The molecule has 0 aromatic carbocycles. The molecule has 8 heteroatoms. The minimum absolute atomic E-state index is 0.0903. The van der Waals surface area contributed by atoms with Crippen molar-refractivity contribution < 1.29 is 19.1 Å². The average molecular weight is 401 g/mol. The molecule has 1 amide bonds. The SMILES string of the molecule is O=CCCOCCCOCCCCNC(=O)CCSSc1ccccn1. The quantitative estimate of drug-likeness (QED) is 0.244.